The van der Waals surface area contributed by atoms with Gasteiger partial charge in [-0.25, -0.2) is 4.98 Å². The average molecular weight is 457 g/mol. The monoisotopic (exact) mass is 456 g/mol. The molecule has 0 radical (unpaired) electrons. The van der Waals surface area contributed by atoms with Gasteiger partial charge in [0.25, 0.3) is 11.8 Å². The van der Waals surface area contributed by atoms with E-state index in [1.807, 2.05) is 70.2 Å². The van der Waals surface area contributed by atoms with Crippen LogP contribution in [0.2, 0.25) is 0 Å². The van der Waals surface area contributed by atoms with E-state index in [0.717, 1.165) is 44.8 Å². The lowest BCUT2D eigenvalue weighted by Crippen LogP contribution is -2.24. The molecule has 0 atom stereocenters. The zero-order valence-corrected chi connectivity index (χ0v) is 20.0. The summed E-state index contributed by atoms with van der Waals surface area (Å²) in [6.45, 7) is 7.98. The van der Waals surface area contributed by atoms with Gasteiger partial charge in [0.15, 0.2) is 6.61 Å². The van der Waals surface area contributed by atoms with Crippen LogP contribution in [0.4, 0.5) is 5.69 Å². The quantitative estimate of drug-likeness (QED) is 0.387. The van der Waals surface area contributed by atoms with Crippen LogP contribution in [0.3, 0.4) is 0 Å². The van der Waals surface area contributed by atoms with Crippen LogP contribution < -0.4 is 15.4 Å². The highest BCUT2D eigenvalue weighted by Crippen LogP contribution is 2.31. The van der Waals surface area contributed by atoms with E-state index in [4.69, 9.17) is 9.72 Å². The Labute approximate surface area is 198 Å². The second kappa shape index (κ2) is 9.39. The van der Waals surface area contributed by atoms with Crippen molar-refractivity contribution >= 4 is 28.5 Å². The van der Waals surface area contributed by atoms with Crippen LogP contribution in [0, 0.1) is 27.7 Å². The Hall–Kier alpha value is -4.13. The van der Waals surface area contributed by atoms with Crippen LogP contribution in [-0.2, 0) is 4.79 Å². The lowest BCUT2D eigenvalue weighted by molar-refractivity contribution is -0.122. The van der Waals surface area contributed by atoms with Gasteiger partial charge in [0, 0.05) is 23.9 Å². The van der Waals surface area contributed by atoms with E-state index in [1.165, 1.54) is 5.56 Å². The summed E-state index contributed by atoms with van der Waals surface area (Å²) >= 11 is 0. The number of aromatic nitrogens is 2. The first kappa shape index (κ1) is 23.0. The maximum Gasteiger partial charge on any atom is 0.257 e. The van der Waals surface area contributed by atoms with Crippen molar-refractivity contribution in [3.05, 3.63) is 76.3 Å². The van der Waals surface area contributed by atoms with Crippen molar-refractivity contribution in [2.45, 2.75) is 27.7 Å². The zero-order valence-electron chi connectivity index (χ0n) is 20.0. The van der Waals surface area contributed by atoms with Gasteiger partial charge in [-0.1, -0.05) is 6.07 Å². The number of amides is 2. The molecule has 0 spiro atoms. The summed E-state index contributed by atoms with van der Waals surface area (Å²) in [5.74, 6) is 0.985. The Morgan fingerprint density at radius 1 is 0.912 bits per heavy atom. The van der Waals surface area contributed by atoms with E-state index in [9.17, 15) is 9.59 Å². The highest BCUT2D eigenvalue weighted by molar-refractivity contribution is 6.06. The molecule has 0 bridgehead atoms. The van der Waals surface area contributed by atoms with Crippen molar-refractivity contribution in [3.8, 4) is 17.1 Å². The van der Waals surface area contributed by atoms with Crippen molar-refractivity contribution in [3.63, 3.8) is 0 Å². The Morgan fingerprint density at radius 2 is 1.65 bits per heavy atom. The number of anilines is 1. The number of ether oxygens (including phenoxy) is 1. The molecule has 7 nitrogen and oxygen atoms in total. The Bertz CT molecular complexity index is 1380. The first-order chi connectivity index (χ1) is 16.2. The minimum atomic E-state index is -0.186. The summed E-state index contributed by atoms with van der Waals surface area (Å²) < 4.78 is 5.59. The highest BCUT2D eigenvalue weighted by Gasteiger charge is 2.15. The number of nitrogens with zero attached hydrogens (tertiary/aromatic N) is 1. The van der Waals surface area contributed by atoms with Crippen molar-refractivity contribution in [1.29, 1.82) is 0 Å². The molecule has 0 aliphatic rings. The summed E-state index contributed by atoms with van der Waals surface area (Å²) in [6.07, 6.45) is 0. The second-order valence-electron chi connectivity index (χ2n) is 8.46. The van der Waals surface area contributed by atoms with Gasteiger partial charge in [-0.05, 0) is 92.4 Å². The summed E-state index contributed by atoms with van der Waals surface area (Å²) in [4.78, 5) is 32.4. The number of aryl methyl sites for hydroxylation is 4. The van der Waals surface area contributed by atoms with Crippen LogP contribution in [0.25, 0.3) is 22.4 Å². The highest BCUT2D eigenvalue weighted by atomic mass is 16.5. The van der Waals surface area contributed by atoms with Gasteiger partial charge in [0.2, 0.25) is 0 Å². The lowest BCUT2D eigenvalue weighted by Gasteiger charge is -2.11. The Balaban J connectivity index is 1.59. The van der Waals surface area contributed by atoms with E-state index in [2.05, 4.69) is 15.6 Å². The topological polar surface area (TPSA) is 96.1 Å². The molecule has 174 valence electrons. The summed E-state index contributed by atoms with van der Waals surface area (Å²) in [5, 5.41) is 5.50. The van der Waals surface area contributed by atoms with Crippen LogP contribution in [0.5, 0.6) is 5.75 Å². The summed E-state index contributed by atoms with van der Waals surface area (Å²) in [7, 11) is 1.57. The molecule has 3 N–H and O–H groups in total. The molecule has 1 heterocycles. The largest absolute Gasteiger partial charge is 0.484 e. The third-order valence-electron chi connectivity index (χ3n) is 5.90. The second-order valence-corrected chi connectivity index (χ2v) is 8.46. The van der Waals surface area contributed by atoms with E-state index in [0.29, 0.717) is 11.3 Å². The molecule has 4 rings (SSSR count). The molecule has 2 amide bonds. The minimum absolute atomic E-state index is 0.0354. The minimum Gasteiger partial charge on any atom is -0.484 e. The average Bonchev–Trinajstić information content (AvgIpc) is 3.22. The zero-order chi connectivity index (χ0) is 24.4. The van der Waals surface area contributed by atoms with Crippen molar-refractivity contribution < 1.29 is 14.3 Å². The van der Waals surface area contributed by atoms with Gasteiger partial charge in [0.1, 0.15) is 11.6 Å². The van der Waals surface area contributed by atoms with Crippen molar-refractivity contribution in [2.24, 2.45) is 0 Å². The van der Waals surface area contributed by atoms with Crippen LogP contribution in [0.1, 0.15) is 32.6 Å². The summed E-state index contributed by atoms with van der Waals surface area (Å²) in [5.41, 5.74) is 8.08. The maximum absolute atomic E-state index is 12.8. The third-order valence-corrected chi connectivity index (χ3v) is 5.90. The molecule has 3 aromatic carbocycles. The molecule has 1 aromatic heterocycles. The standard InChI is InChI=1S/C27H28N4O3/c1-15-6-8-20(10-16(15)2)29-27(33)19-7-9-22-23(13-19)31-26(30-22)25-17(3)11-21(12-18(25)4)34-14-24(32)28-5/h6-13H,14H2,1-5H3,(H,28,32)(H,29,33)(H,30,31). The molecular weight excluding hydrogens is 428 g/mol. The number of benzene rings is 3. The number of likely N-dealkylation sites (N-methyl/N-ethyl adjacent to an activating group) is 1. The maximum atomic E-state index is 12.8. The molecule has 34 heavy (non-hydrogen) atoms. The third kappa shape index (κ3) is 4.78. The van der Waals surface area contributed by atoms with Crippen LogP contribution >= 0.6 is 0 Å². The fourth-order valence-electron chi connectivity index (χ4n) is 3.89. The van der Waals surface area contributed by atoms with E-state index >= 15 is 0 Å². The number of hydrogen-bond acceptors (Lipinski definition) is 4. The first-order valence-electron chi connectivity index (χ1n) is 11.1. The van der Waals surface area contributed by atoms with E-state index in [-0.39, 0.29) is 18.4 Å². The van der Waals surface area contributed by atoms with Crippen molar-refractivity contribution in [2.75, 3.05) is 19.0 Å². The van der Waals surface area contributed by atoms with Gasteiger partial charge in [-0.15, -0.1) is 0 Å². The lowest BCUT2D eigenvalue weighted by atomic mass is 10.0. The predicted octanol–water partition coefficient (Wildman–Crippen LogP) is 4.84. The van der Waals surface area contributed by atoms with E-state index < -0.39 is 0 Å². The predicted molar refractivity (Wildman–Crippen MR) is 134 cm³/mol. The molecule has 4 aromatic rings. The summed E-state index contributed by atoms with van der Waals surface area (Å²) in [6, 6.07) is 15.1. The van der Waals surface area contributed by atoms with Gasteiger partial charge < -0.3 is 20.4 Å². The molecule has 0 saturated carbocycles. The van der Waals surface area contributed by atoms with Gasteiger partial charge in [0.05, 0.1) is 11.0 Å². The molecule has 0 aliphatic heterocycles. The fraction of sp³-hybridized carbons (Fsp3) is 0.222. The number of nitrogens with one attached hydrogen (secondary N) is 3. The van der Waals surface area contributed by atoms with Crippen molar-refractivity contribution in [1.82, 2.24) is 15.3 Å². The molecular formula is C27H28N4O3. The van der Waals surface area contributed by atoms with E-state index in [1.54, 1.807) is 13.1 Å². The fourth-order valence-corrected chi connectivity index (χ4v) is 3.89. The number of imidazole rings is 1. The number of H-pyrrole nitrogens is 1. The molecule has 0 aliphatic carbocycles. The SMILES string of the molecule is CNC(=O)COc1cc(C)c(-c2nc3ccc(C(=O)Nc4ccc(C)c(C)c4)cc3[nH]2)c(C)c1. The smallest absolute Gasteiger partial charge is 0.257 e. The van der Waals surface area contributed by atoms with Crippen LogP contribution in [-0.4, -0.2) is 35.4 Å². The first-order valence-corrected chi connectivity index (χ1v) is 11.1. The van der Waals surface area contributed by atoms with Gasteiger partial charge in [-0.2, -0.15) is 0 Å². The Kier molecular flexibility index (Phi) is 6.36. The number of fused-ring (bicyclic) bond motifs is 1. The van der Waals surface area contributed by atoms with Gasteiger partial charge >= 0.3 is 0 Å². The normalized spacial score (nSPS) is 10.9. The Morgan fingerprint density at radius 3 is 2.32 bits per heavy atom. The number of carbonyl (C=O) groups excluding carboxylic acids is 2. The molecule has 0 saturated heterocycles. The van der Waals surface area contributed by atoms with Crippen LogP contribution in [0.15, 0.2) is 48.5 Å². The van der Waals surface area contributed by atoms with Gasteiger partial charge in [-0.3, -0.25) is 9.59 Å². The number of aromatic amines is 1. The number of carbonyl (C=O) groups is 2. The molecule has 0 unspecified atom stereocenters. The number of hydrogen-bond donors (Lipinski definition) is 3. The molecule has 7 heteroatoms. The molecule has 0 fully saturated rings. The number of rotatable bonds is 6.